The second-order valence-corrected chi connectivity index (χ2v) is 35.4. The van der Waals surface area contributed by atoms with Crippen molar-refractivity contribution >= 4 is 112 Å². The van der Waals surface area contributed by atoms with E-state index >= 15 is 0 Å². The molecule has 10 aliphatic heterocycles. The first kappa shape index (κ1) is 78.3. The molecular formula is C76H114N14O9S4. The second-order valence-electron chi connectivity index (χ2n) is 30.5. The number of fused-ring (bicyclic) bond motifs is 6. The van der Waals surface area contributed by atoms with Crippen LogP contribution in [0.5, 0.6) is 0 Å². The van der Waals surface area contributed by atoms with E-state index in [1.807, 2.05) is 82.1 Å². The molecule has 2 bridgehead atoms. The van der Waals surface area contributed by atoms with Crippen LogP contribution in [0, 0.1) is 23.7 Å². The van der Waals surface area contributed by atoms with Crippen LogP contribution in [0.1, 0.15) is 177 Å². The summed E-state index contributed by atoms with van der Waals surface area (Å²) in [6.45, 7) is 23.3. The van der Waals surface area contributed by atoms with E-state index in [0.717, 1.165) is 150 Å². The van der Waals surface area contributed by atoms with Gasteiger partial charge in [-0.2, -0.15) is 0 Å². The SMILES string of the molecule is CC[C@H]1CCN2CC[C@H](CSC3CCN4CC[C@H](CSC5CCN6CC[C@H](CSC7CCN8CC[C@H](CSC9CC(=O)N(CCCC(=O)CCCCCC%10=C%11C[C@@H](C)C[C@H](C)[C@H](O)[C@@H](C)/C=C(\C)[C@H](OC(C)=O)[C@@H](C)/C=C\C=C(/C)C(=O)NC(=CC%10=O)C%11=O)C9=O)NC8=N7)NC6=N5)NC4=N3)NC2=N1. The van der Waals surface area contributed by atoms with Crippen LogP contribution in [-0.4, -0.2) is 240 Å². The normalized spacial score (nSPS) is 33.1. The second kappa shape index (κ2) is 37.2. The summed E-state index contributed by atoms with van der Waals surface area (Å²) in [5.74, 6) is 5.03. The number of unbranched alkanes of at least 4 members (excludes halogenated alkanes) is 2. The average Bonchev–Trinajstić information content (AvgIpc) is 1.29. The van der Waals surface area contributed by atoms with Crippen LogP contribution in [0.15, 0.2) is 78.3 Å². The van der Waals surface area contributed by atoms with Gasteiger partial charge in [0, 0.05) is 167 Å². The fraction of sp³-hybridized carbons (Fsp3) is 0.724. The van der Waals surface area contributed by atoms with Crippen molar-refractivity contribution in [3.63, 3.8) is 0 Å². The van der Waals surface area contributed by atoms with Gasteiger partial charge in [-0.25, -0.2) is 20.0 Å². The standard InChI is InChI=1S/C76H114N14O9S4/c1-9-53-20-29-86-30-22-55(78-73(86)77-53)43-101-65-26-35-88-32-24-57(80-75(88)84-65)45-103-66-27-36-89-33-23-56(81-76(89)85-66)44-102-64-25-34-87-31-21-54(79-74(87)83-64)42-100-63-41-67(94)90(72(63)98)28-14-18-58(92)17-11-10-12-19-59-60-38-46(2)37-49(5)68(95)50(6)39-51(7)70(99-52(8)91)47(3)15-13-16-48(4)71(97)82-61(69(60)96)40-62(59)93/h13,15-16,39-40,46-47,49-50,53-57,63-66,68,70,95H,9-12,14,17-38,41-45H2,1-8H3,(H,77,78)(H,79,83)(H,80,84)(H,81,85)(H,82,97)/b15-13-,48-16+,51-39+/t46-,47-,49-,50-,53-,54+,55+,56+,57+,63?,64?,65?,66?,68-,70+/m0/s1. The number of thioether (sulfide) groups is 4. The lowest BCUT2D eigenvalue weighted by atomic mass is 9.80. The number of nitrogens with one attached hydrogen (secondary N) is 5. The predicted molar refractivity (Wildman–Crippen MR) is 416 cm³/mol. The Kier molecular flexibility index (Phi) is 28.3. The molecular weight excluding hydrogens is 1380 g/mol. The van der Waals surface area contributed by atoms with Crippen molar-refractivity contribution in [2.75, 3.05) is 81.9 Å². The minimum absolute atomic E-state index is 0.0461. The molecule has 1 aliphatic carbocycles. The molecule has 0 saturated carbocycles. The zero-order valence-corrected chi connectivity index (χ0v) is 65.3. The number of Topliss-reactive ketones (excluding diaryl/α,β-unsaturated/α-hetero) is 2. The number of guanidine groups is 4. The van der Waals surface area contributed by atoms with Crippen LogP contribution in [-0.2, 0) is 38.3 Å². The summed E-state index contributed by atoms with van der Waals surface area (Å²) < 4.78 is 5.72. The highest BCUT2D eigenvalue weighted by molar-refractivity contribution is 8.01. The number of aliphatic hydroxyl groups is 1. The molecule has 11 rings (SSSR count). The Morgan fingerprint density at radius 2 is 1.15 bits per heavy atom. The summed E-state index contributed by atoms with van der Waals surface area (Å²) in [6, 6.07) is 1.74. The molecule has 0 aromatic carbocycles. The third kappa shape index (κ3) is 21.3. The van der Waals surface area contributed by atoms with Crippen molar-refractivity contribution in [2.24, 2.45) is 43.6 Å². The van der Waals surface area contributed by atoms with Crippen molar-refractivity contribution in [3.05, 3.63) is 58.4 Å². The molecule has 0 spiro atoms. The highest BCUT2D eigenvalue weighted by Crippen LogP contribution is 2.36. The van der Waals surface area contributed by atoms with Gasteiger partial charge in [-0.05, 0) is 128 Å². The predicted octanol–water partition coefficient (Wildman–Crippen LogP) is 8.33. The minimum atomic E-state index is -0.740. The molecule has 15 atom stereocenters. The molecule has 0 aromatic heterocycles. The lowest BCUT2D eigenvalue weighted by Crippen LogP contribution is -2.57. The van der Waals surface area contributed by atoms with E-state index in [1.165, 1.54) is 36.1 Å². The molecule has 6 N–H and O–H groups in total. The molecule has 103 heavy (non-hydrogen) atoms. The fourth-order valence-electron chi connectivity index (χ4n) is 16.0. The van der Waals surface area contributed by atoms with Crippen LogP contribution in [0.25, 0.3) is 0 Å². The molecule has 10 heterocycles. The molecule has 23 nitrogen and oxygen atoms in total. The van der Waals surface area contributed by atoms with Gasteiger partial charge >= 0.3 is 5.97 Å². The Hall–Kier alpha value is -5.77. The van der Waals surface area contributed by atoms with Crippen LogP contribution in [0.3, 0.4) is 0 Å². The number of hydrogen-bond acceptors (Lipinski definition) is 25. The summed E-state index contributed by atoms with van der Waals surface area (Å²) in [6.07, 6.45) is 20.7. The maximum absolute atomic E-state index is 14.2. The summed E-state index contributed by atoms with van der Waals surface area (Å²) in [4.78, 5) is 126. The van der Waals surface area contributed by atoms with Gasteiger partial charge in [0.15, 0.2) is 29.6 Å². The summed E-state index contributed by atoms with van der Waals surface area (Å²) >= 11 is 7.45. The first-order chi connectivity index (χ1) is 49.6. The first-order valence-corrected chi connectivity index (χ1v) is 42.7. The van der Waals surface area contributed by atoms with Crippen molar-refractivity contribution < 1.29 is 43.4 Å². The number of allylic oxidation sites excluding steroid dienone is 5. The topological polar surface area (TPSA) is 275 Å². The number of aliphatic imine (C=N–C) groups is 4. The largest absolute Gasteiger partial charge is 0.457 e. The molecule has 3 amide bonds. The molecule has 566 valence electrons. The van der Waals surface area contributed by atoms with E-state index in [1.54, 1.807) is 19.1 Å². The fourth-order valence-corrected chi connectivity index (χ4v) is 20.7. The number of carbonyl (C=O) groups is 7. The van der Waals surface area contributed by atoms with Gasteiger partial charge in [-0.1, -0.05) is 65.3 Å². The van der Waals surface area contributed by atoms with Crippen molar-refractivity contribution in [1.82, 2.24) is 51.1 Å². The number of ether oxygens (including phenoxy) is 1. The molecule has 4 unspecified atom stereocenters. The van der Waals surface area contributed by atoms with Crippen LogP contribution >= 0.6 is 47.0 Å². The lowest BCUT2D eigenvalue weighted by molar-refractivity contribution is -0.146. The van der Waals surface area contributed by atoms with E-state index in [-0.39, 0.29) is 101 Å². The van der Waals surface area contributed by atoms with E-state index in [4.69, 9.17) is 24.7 Å². The maximum Gasteiger partial charge on any atom is 0.303 e. The number of carbonyl (C=O) groups excluding carboxylic acids is 7. The molecule has 27 heteroatoms. The summed E-state index contributed by atoms with van der Waals surface area (Å²) in [5.41, 5.74) is 1.79. The quantitative estimate of drug-likeness (QED) is 0.0174. The Labute approximate surface area is 627 Å². The van der Waals surface area contributed by atoms with E-state index < -0.39 is 35.1 Å². The van der Waals surface area contributed by atoms with Gasteiger partial charge in [-0.3, -0.25) is 38.5 Å². The molecule has 11 aliphatic rings. The number of hydrogen-bond donors (Lipinski definition) is 6. The minimum Gasteiger partial charge on any atom is -0.457 e. The first-order valence-electron chi connectivity index (χ1n) is 38.5. The lowest BCUT2D eigenvalue weighted by Gasteiger charge is -2.42. The number of rotatable bonds is 24. The van der Waals surface area contributed by atoms with Crippen molar-refractivity contribution in [2.45, 2.75) is 241 Å². The Balaban J connectivity index is 0.574. The Bertz CT molecular complexity index is 3390. The van der Waals surface area contributed by atoms with Crippen LogP contribution < -0.4 is 26.6 Å². The number of likely N-dealkylation sites (tertiary alicyclic amines) is 1. The summed E-state index contributed by atoms with van der Waals surface area (Å²) in [7, 11) is 0. The van der Waals surface area contributed by atoms with Gasteiger partial charge in [0.05, 0.1) is 23.1 Å². The van der Waals surface area contributed by atoms with Gasteiger partial charge in [-0.15, -0.1) is 47.0 Å². The van der Waals surface area contributed by atoms with Gasteiger partial charge in [0.2, 0.25) is 17.6 Å². The smallest absolute Gasteiger partial charge is 0.303 e. The van der Waals surface area contributed by atoms with Gasteiger partial charge < -0.3 is 56.0 Å². The number of esters is 1. The highest BCUT2D eigenvalue weighted by Gasteiger charge is 2.41. The van der Waals surface area contributed by atoms with Crippen LogP contribution in [0.2, 0.25) is 0 Å². The molecule has 5 fully saturated rings. The number of nitrogens with zero attached hydrogens (tertiary/aromatic N) is 9. The van der Waals surface area contributed by atoms with E-state index in [2.05, 4.69) is 53.1 Å². The van der Waals surface area contributed by atoms with E-state index in [0.29, 0.717) is 91.6 Å². The highest BCUT2D eigenvalue weighted by atomic mass is 32.2. The van der Waals surface area contributed by atoms with Gasteiger partial charge in [0.1, 0.15) is 28.0 Å². The third-order valence-electron chi connectivity index (χ3n) is 22.2. The Morgan fingerprint density at radius 3 is 1.69 bits per heavy atom. The Morgan fingerprint density at radius 1 is 0.631 bits per heavy atom. The zero-order chi connectivity index (χ0) is 72.8. The third-order valence-corrected chi connectivity index (χ3v) is 27.5. The van der Waals surface area contributed by atoms with Crippen molar-refractivity contribution in [1.29, 1.82) is 0 Å². The van der Waals surface area contributed by atoms with Gasteiger partial charge in [0.25, 0.3) is 5.91 Å². The average molecular weight is 1500 g/mol. The number of imide groups is 1. The van der Waals surface area contributed by atoms with Crippen molar-refractivity contribution in [3.8, 4) is 0 Å². The van der Waals surface area contributed by atoms with E-state index in [9.17, 15) is 38.7 Å². The monoisotopic (exact) mass is 1490 g/mol. The molecule has 5 saturated heterocycles. The number of aliphatic hydroxyl groups excluding tert-OH is 1. The summed E-state index contributed by atoms with van der Waals surface area (Å²) in [5, 5.41) is 29.6. The maximum atomic E-state index is 14.2. The molecule has 0 radical (unpaired) electrons. The van der Waals surface area contributed by atoms with Crippen LogP contribution in [0.4, 0.5) is 0 Å². The number of amides is 3. The number of ketones is 3. The molecule has 0 aromatic rings. The zero-order valence-electron chi connectivity index (χ0n) is 62.0.